The summed E-state index contributed by atoms with van der Waals surface area (Å²) in [6, 6.07) is 28.4. The van der Waals surface area contributed by atoms with Crippen LogP contribution < -0.4 is 16.0 Å². The minimum atomic E-state index is -1.12. The number of pyridine rings is 1. The predicted molar refractivity (Wildman–Crippen MR) is 182 cm³/mol. The van der Waals surface area contributed by atoms with E-state index in [1.54, 1.807) is 24.3 Å². The Balaban J connectivity index is 1.67. The Morgan fingerprint density at radius 3 is 1.85 bits per heavy atom. The molecule has 10 heteroatoms. The second-order valence-electron chi connectivity index (χ2n) is 10.9. The van der Waals surface area contributed by atoms with Gasteiger partial charge in [-0.1, -0.05) is 42.5 Å². The first-order valence-corrected chi connectivity index (χ1v) is 14.5. The molecular weight excluding hydrogens is 596 g/mol. The molecule has 10 nitrogen and oxygen atoms in total. The highest BCUT2D eigenvalue weighted by molar-refractivity contribution is 5.98. The summed E-state index contributed by atoms with van der Waals surface area (Å²) in [6.07, 6.45) is 3.29. The van der Waals surface area contributed by atoms with Gasteiger partial charge in [0, 0.05) is 25.3 Å². The van der Waals surface area contributed by atoms with Crippen molar-refractivity contribution in [3.05, 3.63) is 152 Å². The first-order chi connectivity index (χ1) is 22.6. The smallest absolute Gasteiger partial charge is 0.335 e. The van der Waals surface area contributed by atoms with Gasteiger partial charge in [-0.05, 0) is 83.9 Å². The molecule has 0 aliphatic carbocycles. The third kappa shape index (κ3) is 5.80. The van der Waals surface area contributed by atoms with Crippen LogP contribution in [0.1, 0.15) is 31.8 Å². The molecule has 0 aliphatic rings. The number of nitrogens with one attached hydrogen (secondary N) is 1. The van der Waals surface area contributed by atoms with Gasteiger partial charge in [0.2, 0.25) is 0 Å². The minimum absolute atomic E-state index is 0.0341. The van der Waals surface area contributed by atoms with Gasteiger partial charge in [0.15, 0.2) is 0 Å². The van der Waals surface area contributed by atoms with Crippen LogP contribution in [0.5, 0.6) is 0 Å². The molecule has 232 valence electrons. The third-order valence-electron chi connectivity index (χ3n) is 7.74. The van der Waals surface area contributed by atoms with E-state index < -0.39 is 23.1 Å². The normalized spacial score (nSPS) is 10.8. The zero-order valence-electron chi connectivity index (χ0n) is 25.3. The maximum atomic E-state index is 14.5. The molecule has 4 aromatic carbocycles. The molecule has 0 radical (unpaired) electrons. The molecule has 3 N–H and O–H groups in total. The van der Waals surface area contributed by atoms with Crippen molar-refractivity contribution in [3.8, 4) is 22.5 Å². The Hall–Kier alpha value is -6.64. The predicted octanol–water partition coefficient (Wildman–Crippen LogP) is 5.92. The number of carboxylic acids is 2. The van der Waals surface area contributed by atoms with Gasteiger partial charge in [0.05, 0.1) is 33.5 Å². The number of benzene rings is 4. The summed E-state index contributed by atoms with van der Waals surface area (Å²) in [5.74, 6) is -2.23. The molecular formula is C37H28N4O6. The van der Waals surface area contributed by atoms with Crippen molar-refractivity contribution < 1.29 is 19.8 Å². The Morgan fingerprint density at radius 2 is 1.30 bits per heavy atom. The van der Waals surface area contributed by atoms with Gasteiger partial charge >= 0.3 is 11.9 Å². The Morgan fingerprint density at radius 1 is 0.723 bits per heavy atom. The number of carboxylic acid groups (broad SMARTS) is 2. The first-order valence-electron chi connectivity index (χ1n) is 14.5. The van der Waals surface area contributed by atoms with E-state index in [1.807, 2.05) is 61.5 Å². The summed E-state index contributed by atoms with van der Waals surface area (Å²) in [4.78, 5) is 53.8. The average Bonchev–Trinajstić information content (AvgIpc) is 3.41. The second kappa shape index (κ2) is 12.4. The van der Waals surface area contributed by atoms with Crippen LogP contribution >= 0.6 is 0 Å². The molecule has 0 amide bonds. The fourth-order valence-electron chi connectivity index (χ4n) is 5.34. The molecule has 0 unspecified atom stereocenters. The number of H-pyrrole nitrogens is 1. The number of aromatic amines is 1. The number of hydrogen-bond acceptors (Lipinski definition) is 5. The zero-order valence-corrected chi connectivity index (χ0v) is 25.3. The number of hydrogen-bond donors (Lipinski definition) is 3. The minimum Gasteiger partial charge on any atom is -0.478 e. The van der Waals surface area contributed by atoms with Crippen molar-refractivity contribution in [1.29, 1.82) is 0 Å². The fraction of sp³-hybridized carbons (Fsp3) is 0.0541. The van der Waals surface area contributed by atoms with Crippen LogP contribution in [0.4, 0.5) is 5.69 Å². The number of nitrogens with zero attached hydrogens (tertiary/aromatic N) is 3. The zero-order chi connectivity index (χ0) is 33.2. The molecule has 0 aliphatic heterocycles. The van der Waals surface area contributed by atoms with Gasteiger partial charge < -0.3 is 15.1 Å². The van der Waals surface area contributed by atoms with Gasteiger partial charge in [0.25, 0.3) is 11.1 Å². The summed E-state index contributed by atoms with van der Waals surface area (Å²) in [6.45, 7) is 0. The number of anilines is 1. The van der Waals surface area contributed by atoms with Crippen LogP contribution in [0.3, 0.4) is 0 Å². The van der Waals surface area contributed by atoms with Crippen LogP contribution in [0, 0.1) is 0 Å². The van der Waals surface area contributed by atoms with E-state index in [2.05, 4.69) is 10.8 Å². The van der Waals surface area contributed by atoms with Crippen molar-refractivity contribution >= 4 is 40.8 Å². The van der Waals surface area contributed by atoms with Gasteiger partial charge in [0.1, 0.15) is 5.65 Å². The van der Waals surface area contributed by atoms with Crippen molar-refractivity contribution in [2.24, 2.45) is 0 Å². The summed E-state index contributed by atoms with van der Waals surface area (Å²) in [5.41, 5.74) is 6.20. The molecule has 2 aromatic heterocycles. The highest BCUT2D eigenvalue weighted by atomic mass is 16.4. The van der Waals surface area contributed by atoms with E-state index in [0.29, 0.717) is 22.5 Å². The summed E-state index contributed by atoms with van der Waals surface area (Å²) >= 11 is 0. The molecule has 6 aromatic rings. The lowest BCUT2D eigenvalue weighted by Gasteiger charge is -2.13. The van der Waals surface area contributed by atoms with E-state index >= 15 is 0 Å². The molecule has 47 heavy (non-hydrogen) atoms. The fourth-order valence-corrected chi connectivity index (χ4v) is 5.34. The molecule has 0 fully saturated rings. The van der Waals surface area contributed by atoms with Crippen LogP contribution in [0.25, 0.3) is 45.7 Å². The van der Waals surface area contributed by atoms with E-state index in [4.69, 9.17) is 0 Å². The SMILES string of the molecule is CN(C)c1ccc(C=C=Cc2c(-c3ccccc3)c3c(=O)n(-c4ccc(C(=O)O)cc4)[nH]c3n(-c3ccc(C(=O)O)cc3)c2=O)cc1. The second-order valence-corrected chi connectivity index (χ2v) is 10.9. The Labute approximate surface area is 268 Å². The monoisotopic (exact) mass is 624 g/mol. The van der Waals surface area contributed by atoms with Gasteiger partial charge in [-0.3, -0.25) is 19.3 Å². The van der Waals surface area contributed by atoms with Gasteiger partial charge in [-0.15, -0.1) is 5.73 Å². The Bertz CT molecular complexity index is 2320. The molecule has 0 saturated carbocycles. The van der Waals surface area contributed by atoms with Crippen molar-refractivity contribution in [3.63, 3.8) is 0 Å². The highest BCUT2D eigenvalue weighted by Gasteiger charge is 2.24. The van der Waals surface area contributed by atoms with Crippen LogP contribution in [-0.2, 0) is 0 Å². The lowest BCUT2D eigenvalue weighted by molar-refractivity contribution is 0.0686. The van der Waals surface area contributed by atoms with E-state index in [9.17, 15) is 29.4 Å². The summed E-state index contributed by atoms with van der Waals surface area (Å²) in [7, 11) is 3.90. The number of fused-ring (bicyclic) bond motifs is 1. The highest BCUT2D eigenvalue weighted by Crippen LogP contribution is 2.30. The van der Waals surface area contributed by atoms with Crippen molar-refractivity contribution in [1.82, 2.24) is 14.3 Å². The maximum absolute atomic E-state index is 14.5. The molecule has 0 spiro atoms. The van der Waals surface area contributed by atoms with Gasteiger partial charge in [-0.2, -0.15) is 0 Å². The lowest BCUT2D eigenvalue weighted by atomic mass is 9.97. The molecule has 2 heterocycles. The number of carbonyl (C=O) groups is 2. The Kier molecular flexibility index (Phi) is 8.01. The molecule has 0 atom stereocenters. The first kappa shape index (κ1) is 30.4. The van der Waals surface area contributed by atoms with E-state index in [1.165, 1.54) is 57.8 Å². The van der Waals surface area contributed by atoms with Crippen LogP contribution in [0.2, 0.25) is 0 Å². The van der Waals surface area contributed by atoms with Gasteiger partial charge in [-0.25, -0.2) is 14.3 Å². The topological polar surface area (TPSA) is 138 Å². The number of rotatable bonds is 8. The molecule has 0 bridgehead atoms. The molecule has 0 saturated heterocycles. The largest absolute Gasteiger partial charge is 0.478 e. The van der Waals surface area contributed by atoms with E-state index in [-0.39, 0.29) is 27.7 Å². The number of aromatic nitrogens is 3. The van der Waals surface area contributed by atoms with E-state index in [0.717, 1.165) is 11.3 Å². The lowest BCUT2D eigenvalue weighted by Crippen LogP contribution is -2.23. The van der Waals surface area contributed by atoms with Crippen LogP contribution in [0.15, 0.2) is 118 Å². The summed E-state index contributed by atoms with van der Waals surface area (Å²) < 4.78 is 2.58. The quantitative estimate of drug-likeness (QED) is 0.179. The molecule has 6 rings (SSSR count). The standard InChI is InChI=1S/C37H28N4O6/c1-39(2)27-17-11-23(12-18-27)7-6-10-30-31(24-8-4-3-5-9-24)32-33(40(34(30)42)28-19-13-25(14-20-28)36(44)45)38-41(35(32)43)29-21-15-26(16-22-29)37(46)47/h3-5,7-22,38H,1-2H3,(H,44,45)(H,46,47). The maximum Gasteiger partial charge on any atom is 0.335 e. The van der Waals surface area contributed by atoms with Crippen molar-refractivity contribution in [2.45, 2.75) is 0 Å². The van der Waals surface area contributed by atoms with Crippen LogP contribution in [-0.4, -0.2) is 50.6 Å². The van der Waals surface area contributed by atoms with Crippen molar-refractivity contribution in [2.75, 3.05) is 19.0 Å². The average molecular weight is 625 g/mol. The third-order valence-corrected chi connectivity index (χ3v) is 7.74. The summed E-state index contributed by atoms with van der Waals surface area (Å²) in [5, 5.41) is 22.1. The number of aromatic carboxylic acids is 2.